The van der Waals surface area contributed by atoms with Crippen LogP contribution in [0.4, 0.5) is 5.69 Å². The minimum absolute atomic E-state index is 0.00238. The van der Waals surface area contributed by atoms with E-state index in [4.69, 9.17) is 11.6 Å². The molecule has 0 saturated carbocycles. The first-order valence-corrected chi connectivity index (χ1v) is 9.68. The number of carbonyl (C=O) groups excluding carboxylic acids is 1. The molecule has 0 N–H and O–H groups in total. The number of hydrogen-bond donors (Lipinski definition) is 0. The van der Waals surface area contributed by atoms with E-state index < -0.39 is 0 Å². The Morgan fingerprint density at radius 1 is 1.07 bits per heavy atom. The van der Waals surface area contributed by atoms with Crippen LogP contribution in [0, 0.1) is 6.92 Å². The van der Waals surface area contributed by atoms with Gasteiger partial charge in [-0.3, -0.25) is 9.78 Å². The highest BCUT2D eigenvalue weighted by Gasteiger charge is 2.21. The zero-order valence-corrected chi connectivity index (χ0v) is 16.4. The van der Waals surface area contributed by atoms with Crippen molar-refractivity contribution in [3.05, 3.63) is 71.0 Å². The van der Waals surface area contributed by atoms with E-state index in [-0.39, 0.29) is 5.91 Å². The van der Waals surface area contributed by atoms with Crippen LogP contribution in [-0.2, 0) is 4.79 Å². The molecule has 4 rings (SSSR count). The number of aryl methyl sites for hydroxylation is 1. The molecule has 0 spiro atoms. The fourth-order valence-electron chi connectivity index (χ4n) is 3.40. The van der Waals surface area contributed by atoms with Crippen LogP contribution in [0.15, 0.2) is 54.7 Å². The first-order chi connectivity index (χ1) is 13.6. The number of para-hydroxylation sites is 2. The summed E-state index contributed by atoms with van der Waals surface area (Å²) in [5, 5.41) is 0.735. The number of aromatic nitrogens is 2. The third-order valence-electron chi connectivity index (χ3n) is 4.97. The van der Waals surface area contributed by atoms with E-state index in [1.807, 2.05) is 47.4 Å². The average molecular weight is 393 g/mol. The number of halogens is 1. The Balaban J connectivity index is 1.39. The second-order valence-electron chi connectivity index (χ2n) is 6.86. The molecule has 1 aliphatic rings. The lowest BCUT2D eigenvalue weighted by molar-refractivity contribution is -0.126. The molecular weight excluding hydrogens is 372 g/mol. The maximum atomic E-state index is 12.6. The number of anilines is 1. The van der Waals surface area contributed by atoms with Gasteiger partial charge in [-0.05, 0) is 42.8 Å². The van der Waals surface area contributed by atoms with Crippen molar-refractivity contribution in [2.24, 2.45) is 0 Å². The minimum atomic E-state index is -0.00238. The van der Waals surface area contributed by atoms with Crippen LogP contribution in [0.3, 0.4) is 0 Å². The van der Waals surface area contributed by atoms with Crippen LogP contribution in [-0.4, -0.2) is 47.0 Å². The Labute approximate surface area is 169 Å². The van der Waals surface area contributed by atoms with Crippen molar-refractivity contribution in [1.29, 1.82) is 0 Å². The SMILES string of the molecule is Cc1ccc(Cl)cc1N1CCN(C(=O)/C=C/c2cnc3ccccc3n2)CC1. The molecule has 1 aliphatic heterocycles. The van der Waals surface area contributed by atoms with Gasteiger partial charge in [0, 0.05) is 43.0 Å². The summed E-state index contributed by atoms with van der Waals surface area (Å²) < 4.78 is 0. The number of piperazine rings is 1. The van der Waals surface area contributed by atoms with Crippen molar-refractivity contribution in [3.63, 3.8) is 0 Å². The fraction of sp³-hybridized carbons (Fsp3) is 0.227. The number of hydrogen-bond acceptors (Lipinski definition) is 4. The van der Waals surface area contributed by atoms with E-state index in [1.54, 1.807) is 18.3 Å². The molecule has 1 aromatic heterocycles. The highest BCUT2D eigenvalue weighted by atomic mass is 35.5. The van der Waals surface area contributed by atoms with Crippen molar-refractivity contribution in [1.82, 2.24) is 14.9 Å². The van der Waals surface area contributed by atoms with Crippen LogP contribution in [0.25, 0.3) is 17.1 Å². The Morgan fingerprint density at radius 3 is 2.61 bits per heavy atom. The molecule has 0 atom stereocenters. The third-order valence-corrected chi connectivity index (χ3v) is 5.20. The van der Waals surface area contributed by atoms with Gasteiger partial charge in [0.2, 0.25) is 5.91 Å². The number of nitrogens with zero attached hydrogens (tertiary/aromatic N) is 4. The first-order valence-electron chi connectivity index (χ1n) is 9.30. The molecule has 1 amide bonds. The maximum absolute atomic E-state index is 12.6. The molecule has 1 fully saturated rings. The average Bonchev–Trinajstić information content (AvgIpc) is 2.73. The van der Waals surface area contributed by atoms with Crippen molar-refractivity contribution >= 4 is 40.3 Å². The molecule has 28 heavy (non-hydrogen) atoms. The maximum Gasteiger partial charge on any atom is 0.246 e. The Morgan fingerprint density at radius 2 is 1.82 bits per heavy atom. The molecule has 0 unspecified atom stereocenters. The van der Waals surface area contributed by atoms with E-state index in [1.165, 1.54) is 5.56 Å². The summed E-state index contributed by atoms with van der Waals surface area (Å²) in [6, 6.07) is 13.6. The van der Waals surface area contributed by atoms with Crippen molar-refractivity contribution in [3.8, 4) is 0 Å². The highest BCUT2D eigenvalue weighted by molar-refractivity contribution is 6.30. The van der Waals surface area contributed by atoms with E-state index in [9.17, 15) is 4.79 Å². The van der Waals surface area contributed by atoms with Crippen molar-refractivity contribution in [2.45, 2.75) is 6.92 Å². The first kappa shape index (κ1) is 18.4. The molecule has 6 heteroatoms. The molecule has 2 heterocycles. The van der Waals surface area contributed by atoms with Crippen LogP contribution < -0.4 is 4.90 Å². The van der Waals surface area contributed by atoms with Crippen LogP contribution in [0.2, 0.25) is 5.02 Å². The molecule has 0 bridgehead atoms. The molecular formula is C22H21ClN4O. The van der Waals surface area contributed by atoms with Gasteiger partial charge in [0.15, 0.2) is 0 Å². The highest BCUT2D eigenvalue weighted by Crippen LogP contribution is 2.25. The van der Waals surface area contributed by atoms with Gasteiger partial charge in [-0.1, -0.05) is 29.8 Å². The van der Waals surface area contributed by atoms with Crippen LogP contribution >= 0.6 is 11.6 Å². The van der Waals surface area contributed by atoms with Gasteiger partial charge in [-0.25, -0.2) is 4.98 Å². The lowest BCUT2D eigenvalue weighted by Gasteiger charge is -2.36. The monoisotopic (exact) mass is 392 g/mol. The topological polar surface area (TPSA) is 49.3 Å². The number of fused-ring (bicyclic) bond motifs is 1. The number of benzene rings is 2. The summed E-state index contributed by atoms with van der Waals surface area (Å²) in [5.41, 5.74) is 4.68. The number of carbonyl (C=O) groups is 1. The summed E-state index contributed by atoms with van der Waals surface area (Å²) in [6.07, 6.45) is 5.00. The summed E-state index contributed by atoms with van der Waals surface area (Å²) in [6.45, 7) is 5.01. The number of rotatable bonds is 3. The molecule has 2 aromatic carbocycles. The van der Waals surface area contributed by atoms with Gasteiger partial charge in [-0.2, -0.15) is 0 Å². The second kappa shape index (κ2) is 7.98. The molecule has 0 aliphatic carbocycles. The molecule has 1 saturated heterocycles. The predicted octanol–water partition coefficient (Wildman–Crippen LogP) is 3.95. The predicted molar refractivity (Wildman–Crippen MR) is 114 cm³/mol. The second-order valence-corrected chi connectivity index (χ2v) is 7.30. The zero-order valence-electron chi connectivity index (χ0n) is 15.7. The standard InChI is InChI=1S/C22H21ClN4O/c1-16-6-7-17(23)14-21(16)26-10-12-27(13-11-26)22(28)9-8-18-15-24-19-4-2-3-5-20(19)25-18/h2-9,14-15H,10-13H2,1H3/b9-8+. The third kappa shape index (κ3) is 3.99. The fourth-order valence-corrected chi connectivity index (χ4v) is 3.57. The van der Waals surface area contributed by atoms with Gasteiger partial charge in [0.05, 0.1) is 22.9 Å². The quantitative estimate of drug-likeness (QED) is 0.633. The van der Waals surface area contributed by atoms with Gasteiger partial charge in [0.25, 0.3) is 0 Å². The molecule has 0 radical (unpaired) electrons. The smallest absolute Gasteiger partial charge is 0.246 e. The Bertz CT molecular complexity index is 1040. The van der Waals surface area contributed by atoms with E-state index >= 15 is 0 Å². The number of amides is 1. The van der Waals surface area contributed by atoms with Gasteiger partial charge < -0.3 is 9.80 Å². The molecule has 142 valence electrons. The normalized spacial score (nSPS) is 14.8. The summed E-state index contributed by atoms with van der Waals surface area (Å²) in [7, 11) is 0. The van der Waals surface area contributed by atoms with E-state index in [2.05, 4.69) is 21.8 Å². The van der Waals surface area contributed by atoms with Crippen LogP contribution in [0.5, 0.6) is 0 Å². The van der Waals surface area contributed by atoms with Gasteiger partial charge >= 0.3 is 0 Å². The zero-order chi connectivity index (χ0) is 19.5. The van der Waals surface area contributed by atoms with E-state index in [0.717, 1.165) is 34.8 Å². The molecule has 5 nitrogen and oxygen atoms in total. The minimum Gasteiger partial charge on any atom is -0.368 e. The molecule has 3 aromatic rings. The summed E-state index contributed by atoms with van der Waals surface area (Å²) in [5.74, 6) is -0.00238. The van der Waals surface area contributed by atoms with Crippen molar-refractivity contribution in [2.75, 3.05) is 31.1 Å². The van der Waals surface area contributed by atoms with Gasteiger partial charge in [0.1, 0.15) is 0 Å². The Kier molecular flexibility index (Phi) is 5.26. The largest absolute Gasteiger partial charge is 0.368 e. The van der Waals surface area contributed by atoms with Gasteiger partial charge in [-0.15, -0.1) is 0 Å². The van der Waals surface area contributed by atoms with Crippen molar-refractivity contribution < 1.29 is 4.79 Å². The summed E-state index contributed by atoms with van der Waals surface area (Å²) in [4.78, 5) is 25.6. The summed E-state index contributed by atoms with van der Waals surface area (Å²) >= 11 is 6.14. The van der Waals surface area contributed by atoms with Crippen LogP contribution in [0.1, 0.15) is 11.3 Å². The lowest BCUT2D eigenvalue weighted by Crippen LogP contribution is -2.48. The Hall–Kier alpha value is -2.92. The van der Waals surface area contributed by atoms with E-state index in [0.29, 0.717) is 18.8 Å². The lowest BCUT2D eigenvalue weighted by atomic mass is 10.1.